The normalized spacial score (nSPS) is 10.2. The van der Waals surface area contributed by atoms with Crippen molar-refractivity contribution >= 4 is 15.9 Å². The minimum atomic E-state index is 0.638. The Hall–Kier alpha value is -0.340. The summed E-state index contributed by atoms with van der Waals surface area (Å²) in [5, 5.41) is 1.08. The molecule has 0 aliphatic heterocycles. The van der Waals surface area contributed by atoms with Gasteiger partial charge in [-0.3, -0.25) is 0 Å². The molecule has 0 aliphatic rings. The topological polar surface area (TPSA) is 26.0 Å². The Morgan fingerprint density at radius 1 is 1.08 bits per heavy atom. The van der Waals surface area contributed by atoms with Gasteiger partial charge in [-0.1, -0.05) is 40.2 Å². The molecule has 0 heterocycles. The van der Waals surface area contributed by atoms with E-state index in [2.05, 4.69) is 40.2 Å². The lowest BCUT2D eigenvalue weighted by Crippen LogP contribution is -1.96. The number of nitrogens with two attached hydrogens (primary N) is 1. The molecule has 12 heavy (non-hydrogen) atoms. The highest BCUT2D eigenvalue weighted by molar-refractivity contribution is 9.09. The van der Waals surface area contributed by atoms with Crippen LogP contribution in [0.3, 0.4) is 0 Å². The van der Waals surface area contributed by atoms with Gasteiger partial charge in [0.15, 0.2) is 0 Å². The second kappa shape index (κ2) is 5.33. The first kappa shape index (κ1) is 9.75. The van der Waals surface area contributed by atoms with Crippen LogP contribution >= 0.6 is 15.9 Å². The molecule has 0 bridgehead atoms. The van der Waals surface area contributed by atoms with Crippen molar-refractivity contribution < 1.29 is 0 Å². The Bertz CT molecular complexity index is 218. The number of halogens is 1. The standard InChI is InChI=1S/C10H14BrN/c11-7-1-2-9-3-5-10(8-12)6-4-9/h3-6H,1-2,7-8,12H2. The van der Waals surface area contributed by atoms with E-state index in [0.717, 1.165) is 11.8 Å². The SMILES string of the molecule is NCc1ccc(CCCBr)cc1. The fourth-order valence-electron chi connectivity index (χ4n) is 1.11. The van der Waals surface area contributed by atoms with Crippen LogP contribution < -0.4 is 5.73 Å². The molecule has 0 aromatic heterocycles. The Morgan fingerprint density at radius 2 is 1.67 bits per heavy atom. The molecular weight excluding hydrogens is 214 g/mol. The second-order valence-electron chi connectivity index (χ2n) is 2.81. The maximum atomic E-state index is 5.49. The summed E-state index contributed by atoms with van der Waals surface area (Å²) in [4.78, 5) is 0. The van der Waals surface area contributed by atoms with Crippen LogP contribution in [0.1, 0.15) is 17.5 Å². The summed E-state index contributed by atoms with van der Waals surface area (Å²) in [5.74, 6) is 0. The number of alkyl halides is 1. The smallest absolute Gasteiger partial charge is 0.0178 e. The molecule has 0 radical (unpaired) electrons. The van der Waals surface area contributed by atoms with Gasteiger partial charge in [0, 0.05) is 11.9 Å². The van der Waals surface area contributed by atoms with Crippen molar-refractivity contribution in [3.63, 3.8) is 0 Å². The molecule has 1 rings (SSSR count). The minimum absolute atomic E-state index is 0.638. The van der Waals surface area contributed by atoms with Crippen LogP contribution in [0.25, 0.3) is 0 Å². The largest absolute Gasteiger partial charge is 0.326 e. The molecule has 0 aliphatic carbocycles. The molecule has 66 valence electrons. The van der Waals surface area contributed by atoms with Gasteiger partial charge < -0.3 is 5.73 Å². The zero-order valence-electron chi connectivity index (χ0n) is 7.09. The Labute approximate surface area is 82.1 Å². The lowest BCUT2D eigenvalue weighted by Gasteiger charge is -2.00. The van der Waals surface area contributed by atoms with Crippen LogP contribution in [-0.4, -0.2) is 5.33 Å². The molecule has 0 amide bonds. The summed E-state index contributed by atoms with van der Waals surface area (Å²) in [6, 6.07) is 8.52. The van der Waals surface area contributed by atoms with Crippen molar-refractivity contribution in [2.45, 2.75) is 19.4 Å². The summed E-state index contributed by atoms with van der Waals surface area (Å²) in [6.07, 6.45) is 2.35. The summed E-state index contributed by atoms with van der Waals surface area (Å²) < 4.78 is 0. The maximum absolute atomic E-state index is 5.49. The zero-order valence-corrected chi connectivity index (χ0v) is 8.68. The van der Waals surface area contributed by atoms with E-state index in [1.807, 2.05) is 0 Å². The summed E-state index contributed by atoms with van der Waals surface area (Å²) in [6.45, 7) is 0.638. The number of aryl methyl sites for hydroxylation is 1. The van der Waals surface area contributed by atoms with Crippen molar-refractivity contribution in [2.75, 3.05) is 5.33 Å². The predicted octanol–water partition coefficient (Wildman–Crippen LogP) is 2.47. The quantitative estimate of drug-likeness (QED) is 0.787. The van der Waals surface area contributed by atoms with Gasteiger partial charge in [0.2, 0.25) is 0 Å². The molecule has 0 unspecified atom stereocenters. The Balaban J connectivity index is 2.53. The molecule has 2 heteroatoms. The fourth-order valence-corrected chi connectivity index (χ4v) is 1.39. The molecular formula is C10H14BrN. The molecule has 0 saturated heterocycles. The molecule has 0 fully saturated rings. The second-order valence-corrected chi connectivity index (χ2v) is 3.61. The highest BCUT2D eigenvalue weighted by atomic mass is 79.9. The van der Waals surface area contributed by atoms with Gasteiger partial charge in [0.25, 0.3) is 0 Å². The molecule has 0 saturated carbocycles. The number of hydrogen-bond donors (Lipinski definition) is 1. The van der Waals surface area contributed by atoms with Crippen molar-refractivity contribution in [2.24, 2.45) is 5.73 Å². The maximum Gasteiger partial charge on any atom is 0.0178 e. The molecule has 0 atom stereocenters. The lowest BCUT2D eigenvalue weighted by atomic mass is 10.1. The van der Waals surface area contributed by atoms with Crippen molar-refractivity contribution in [1.29, 1.82) is 0 Å². The van der Waals surface area contributed by atoms with E-state index in [0.29, 0.717) is 6.54 Å². The molecule has 1 aromatic carbocycles. The van der Waals surface area contributed by atoms with E-state index >= 15 is 0 Å². The average molecular weight is 228 g/mol. The van der Waals surface area contributed by atoms with Gasteiger partial charge >= 0.3 is 0 Å². The number of rotatable bonds is 4. The van der Waals surface area contributed by atoms with E-state index in [4.69, 9.17) is 5.73 Å². The minimum Gasteiger partial charge on any atom is -0.326 e. The van der Waals surface area contributed by atoms with Crippen LogP contribution in [0.5, 0.6) is 0 Å². The zero-order chi connectivity index (χ0) is 8.81. The van der Waals surface area contributed by atoms with E-state index in [1.165, 1.54) is 17.5 Å². The van der Waals surface area contributed by atoms with Gasteiger partial charge in [0.1, 0.15) is 0 Å². The summed E-state index contributed by atoms with van der Waals surface area (Å²) in [7, 11) is 0. The van der Waals surface area contributed by atoms with Crippen LogP contribution in [-0.2, 0) is 13.0 Å². The van der Waals surface area contributed by atoms with Crippen molar-refractivity contribution in [3.8, 4) is 0 Å². The van der Waals surface area contributed by atoms with Gasteiger partial charge in [-0.05, 0) is 24.0 Å². The fraction of sp³-hybridized carbons (Fsp3) is 0.400. The third-order valence-corrected chi connectivity index (χ3v) is 2.42. The molecule has 2 N–H and O–H groups in total. The number of benzene rings is 1. The molecule has 0 spiro atoms. The van der Waals surface area contributed by atoms with Crippen molar-refractivity contribution in [3.05, 3.63) is 35.4 Å². The van der Waals surface area contributed by atoms with E-state index < -0.39 is 0 Å². The average Bonchev–Trinajstić information content (AvgIpc) is 2.15. The van der Waals surface area contributed by atoms with E-state index in [-0.39, 0.29) is 0 Å². The first-order valence-electron chi connectivity index (χ1n) is 4.20. The predicted molar refractivity (Wildman–Crippen MR) is 56.4 cm³/mol. The van der Waals surface area contributed by atoms with E-state index in [9.17, 15) is 0 Å². The van der Waals surface area contributed by atoms with Crippen LogP contribution in [0, 0.1) is 0 Å². The Morgan fingerprint density at radius 3 is 2.17 bits per heavy atom. The van der Waals surface area contributed by atoms with Crippen LogP contribution in [0.15, 0.2) is 24.3 Å². The molecule has 1 aromatic rings. The van der Waals surface area contributed by atoms with Gasteiger partial charge in [0.05, 0.1) is 0 Å². The van der Waals surface area contributed by atoms with Crippen LogP contribution in [0.2, 0.25) is 0 Å². The van der Waals surface area contributed by atoms with Gasteiger partial charge in [-0.15, -0.1) is 0 Å². The molecule has 1 nitrogen and oxygen atoms in total. The summed E-state index contributed by atoms with van der Waals surface area (Å²) in [5.41, 5.74) is 8.09. The first-order valence-corrected chi connectivity index (χ1v) is 5.33. The van der Waals surface area contributed by atoms with E-state index in [1.54, 1.807) is 0 Å². The highest BCUT2D eigenvalue weighted by Crippen LogP contribution is 2.06. The first-order chi connectivity index (χ1) is 5.86. The highest BCUT2D eigenvalue weighted by Gasteiger charge is 1.92. The Kier molecular flexibility index (Phi) is 4.33. The summed E-state index contributed by atoms with van der Waals surface area (Å²) >= 11 is 3.41. The lowest BCUT2D eigenvalue weighted by molar-refractivity contribution is 0.936. The number of hydrogen-bond acceptors (Lipinski definition) is 1. The monoisotopic (exact) mass is 227 g/mol. The van der Waals surface area contributed by atoms with Crippen molar-refractivity contribution in [1.82, 2.24) is 0 Å². The van der Waals surface area contributed by atoms with Gasteiger partial charge in [-0.25, -0.2) is 0 Å². The van der Waals surface area contributed by atoms with Crippen LogP contribution in [0.4, 0.5) is 0 Å². The third-order valence-electron chi connectivity index (χ3n) is 1.86. The van der Waals surface area contributed by atoms with Gasteiger partial charge in [-0.2, -0.15) is 0 Å². The third kappa shape index (κ3) is 2.95.